The van der Waals surface area contributed by atoms with Gasteiger partial charge in [-0.2, -0.15) is 0 Å². The molecular weight excluding hydrogens is 594 g/mol. The van der Waals surface area contributed by atoms with E-state index in [1.54, 1.807) is 31.6 Å². The molecule has 1 unspecified atom stereocenters. The molecule has 0 saturated carbocycles. The van der Waals surface area contributed by atoms with Crippen LogP contribution in [-0.2, 0) is 27.5 Å². The summed E-state index contributed by atoms with van der Waals surface area (Å²) in [6, 6.07) is 10.7. The number of fused-ring (bicyclic) bond motifs is 1. The number of anilines is 1. The smallest absolute Gasteiger partial charge is 0.460 e. The Hall–Kier alpha value is -4.10. The fraction of sp³-hybridized carbons (Fsp3) is 0.379. The lowest BCUT2D eigenvalue weighted by Gasteiger charge is -2.39. The van der Waals surface area contributed by atoms with E-state index in [1.165, 1.54) is 16.5 Å². The van der Waals surface area contributed by atoms with Crippen molar-refractivity contribution >= 4 is 30.6 Å². The standard InChI is InChI=1S/C29H34FN6O7P/c1-18-5-8-26(43-20(3)30)22(11-18)16-36-25-12-21(6-7-24(25)28(38)33(36)4)23-13-31-29(32-14-23)34-9-10-35(19(2)15-34)27(37)17-42-44(39,40)41/h5-8,11-14,19-20H,9-10,15-17H2,1-4H3,(H2,39,40,41)/t19-,20?/m1/s1. The second kappa shape index (κ2) is 12.5. The molecule has 1 aliphatic heterocycles. The van der Waals surface area contributed by atoms with Crippen LogP contribution in [0.1, 0.15) is 25.0 Å². The summed E-state index contributed by atoms with van der Waals surface area (Å²) in [6.45, 7) is 5.84. The molecule has 5 rings (SSSR count). The first kappa shape index (κ1) is 31.3. The molecule has 1 saturated heterocycles. The van der Waals surface area contributed by atoms with Crippen LogP contribution >= 0.6 is 7.82 Å². The maximum Gasteiger partial charge on any atom is 0.470 e. The van der Waals surface area contributed by atoms with Gasteiger partial charge in [-0.1, -0.05) is 23.8 Å². The summed E-state index contributed by atoms with van der Waals surface area (Å²) in [7, 11) is -3.05. The van der Waals surface area contributed by atoms with Gasteiger partial charge in [0.25, 0.3) is 5.56 Å². The molecule has 44 heavy (non-hydrogen) atoms. The number of amides is 1. The predicted octanol–water partition coefficient (Wildman–Crippen LogP) is 2.99. The number of carbonyl (C=O) groups is 1. The van der Waals surface area contributed by atoms with Crippen LogP contribution in [-0.4, -0.2) is 78.6 Å². The number of piperazine rings is 1. The van der Waals surface area contributed by atoms with Crippen LogP contribution in [0.5, 0.6) is 5.75 Å². The van der Waals surface area contributed by atoms with Gasteiger partial charge in [0, 0.05) is 63.2 Å². The highest BCUT2D eigenvalue weighted by Gasteiger charge is 2.30. The lowest BCUT2D eigenvalue weighted by Crippen LogP contribution is -2.55. The van der Waals surface area contributed by atoms with Gasteiger partial charge in [0.1, 0.15) is 12.4 Å². The highest BCUT2D eigenvalue weighted by atomic mass is 31.2. The van der Waals surface area contributed by atoms with Gasteiger partial charge in [0.2, 0.25) is 18.2 Å². The summed E-state index contributed by atoms with van der Waals surface area (Å²) in [5.41, 5.74) is 3.79. The molecule has 15 heteroatoms. The minimum atomic E-state index is -4.74. The van der Waals surface area contributed by atoms with E-state index >= 15 is 0 Å². The van der Waals surface area contributed by atoms with Crippen LogP contribution < -0.4 is 15.2 Å². The third-order valence-corrected chi connectivity index (χ3v) is 8.01. The number of rotatable bonds is 9. The van der Waals surface area contributed by atoms with E-state index in [4.69, 9.17) is 14.5 Å². The molecule has 0 aliphatic carbocycles. The number of halogens is 1. The van der Waals surface area contributed by atoms with Gasteiger partial charge in [0.15, 0.2) is 0 Å². The highest BCUT2D eigenvalue weighted by Crippen LogP contribution is 2.35. The summed E-state index contributed by atoms with van der Waals surface area (Å²) in [5.74, 6) is 0.384. The maximum absolute atomic E-state index is 13.7. The Morgan fingerprint density at radius 2 is 1.86 bits per heavy atom. The van der Waals surface area contributed by atoms with Crippen molar-refractivity contribution in [2.75, 3.05) is 31.1 Å². The monoisotopic (exact) mass is 628 g/mol. The molecule has 1 aliphatic rings. The van der Waals surface area contributed by atoms with Gasteiger partial charge < -0.3 is 24.3 Å². The van der Waals surface area contributed by atoms with E-state index < -0.39 is 26.7 Å². The van der Waals surface area contributed by atoms with Crippen LogP contribution in [0.2, 0.25) is 0 Å². The van der Waals surface area contributed by atoms with E-state index in [-0.39, 0.29) is 18.1 Å². The SMILES string of the molecule is Cc1ccc(OC(C)F)c(Cn2c3cc(-c4cnc(N5CCN(C(=O)COP(=O)(O)O)[C@H](C)C5)nc4)ccc3c(=O)n2C)c1. The average molecular weight is 629 g/mol. The maximum atomic E-state index is 13.7. The Labute approximate surface area is 252 Å². The molecule has 13 nitrogen and oxygen atoms in total. The van der Waals surface area contributed by atoms with Gasteiger partial charge in [-0.15, -0.1) is 0 Å². The van der Waals surface area contributed by atoms with Crippen molar-refractivity contribution in [3.05, 3.63) is 70.3 Å². The number of hydrogen-bond acceptors (Lipinski definition) is 8. The fourth-order valence-corrected chi connectivity index (χ4v) is 5.67. The van der Waals surface area contributed by atoms with Crippen LogP contribution in [0, 0.1) is 6.92 Å². The number of benzene rings is 2. The van der Waals surface area contributed by atoms with E-state index in [0.29, 0.717) is 42.2 Å². The summed E-state index contributed by atoms with van der Waals surface area (Å²) < 4.78 is 37.8. The molecule has 1 fully saturated rings. The summed E-state index contributed by atoms with van der Waals surface area (Å²) in [6.07, 6.45) is 1.90. The largest absolute Gasteiger partial charge is 0.470 e. The van der Waals surface area contributed by atoms with Crippen LogP contribution in [0.15, 0.2) is 53.6 Å². The predicted molar refractivity (Wildman–Crippen MR) is 161 cm³/mol. The normalized spacial score (nSPS) is 16.4. The number of aromatic nitrogens is 4. The summed E-state index contributed by atoms with van der Waals surface area (Å²) in [5, 5.41) is 0.537. The van der Waals surface area contributed by atoms with E-state index in [9.17, 15) is 18.5 Å². The van der Waals surface area contributed by atoms with Crippen molar-refractivity contribution in [2.24, 2.45) is 7.05 Å². The van der Waals surface area contributed by atoms with E-state index in [1.807, 2.05) is 47.7 Å². The van der Waals surface area contributed by atoms with Crippen molar-refractivity contribution in [1.82, 2.24) is 24.2 Å². The summed E-state index contributed by atoms with van der Waals surface area (Å²) >= 11 is 0. The Morgan fingerprint density at radius 3 is 2.52 bits per heavy atom. The fourth-order valence-electron chi connectivity index (χ4n) is 5.39. The molecule has 0 spiro atoms. The summed E-state index contributed by atoms with van der Waals surface area (Å²) in [4.78, 5) is 55.7. The Bertz CT molecular complexity index is 1790. The lowest BCUT2D eigenvalue weighted by atomic mass is 10.1. The number of alkyl halides is 1. The van der Waals surface area contributed by atoms with Crippen LogP contribution in [0.3, 0.4) is 0 Å². The molecule has 2 aromatic carbocycles. The molecule has 2 atom stereocenters. The Morgan fingerprint density at radius 1 is 1.14 bits per heavy atom. The number of ether oxygens (including phenoxy) is 1. The van der Waals surface area contributed by atoms with Crippen molar-refractivity contribution in [3.63, 3.8) is 0 Å². The Kier molecular flexibility index (Phi) is 8.89. The molecule has 3 heterocycles. The third-order valence-electron chi connectivity index (χ3n) is 7.55. The van der Waals surface area contributed by atoms with E-state index in [0.717, 1.165) is 22.3 Å². The topological polar surface area (TPSA) is 152 Å². The lowest BCUT2D eigenvalue weighted by molar-refractivity contribution is -0.136. The number of phosphoric acid groups is 1. The van der Waals surface area contributed by atoms with Gasteiger partial charge in [-0.3, -0.25) is 23.5 Å². The number of carbonyl (C=O) groups excluding carboxylic acids is 1. The quantitative estimate of drug-likeness (QED) is 0.265. The van der Waals surface area contributed by atoms with Gasteiger partial charge in [0.05, 0.1) is 17.4 Å². The molecular formula is C29H34FN6O7P. The third kappa shape index (κ3) is 6.83. The molecule has 2 aromatic heterocycles. The van der Waals surface area contributed by atoms with Crippen molar-refractivity contribution in [1.29, 1.82) is 0 Å². The number of nitrogens with zero attached hydrogens (tertiary/aromatic N) is 6. The van der Waals surface area contributed by atoms with Crippen molar-refractivity contribution < 1.29 is 32.8 Å². The first-order valence-electron chi connectivity index (χ1n) is 14.0. The first-order valence-corrected chi connectivity index (χ1v) is 15.5. The zero-order chi connectivity index (χ0) is 31.8. The zero-order valence-corrected chi connectivity index (χ0v) is 25.6. The Balaban J connectivity index is 1.35. The van der Waals surface area contributed by atoms with Crippen molar-refractivity contribution in [3.8, 4) is 16.9 Å². The zero-order valence-electron chi connectivity index (χ0n) is 24.8. The molecule has 1 amide bonds. The van der Waals surface area contributed by atoms with Gasteiger partial charge >= 0.3 is 7.82 Å². The van der Waals surface area contributed by atoms with E-state index in [2.05, 4.69) is 14.5 Å². The molecule has 0 radical (unpaired) electrons. The second-order valence-corrected chi connectivity index (χ2v) is 12.0. The van der Waals surface area contributed by atoms with Crippen LogP contribution in [0.25, 0.3) is 22.0 Å². The average Bonchev–Trinajstić information content (AvgIpc) is 3.21. The number of aryl methyl sites for hydroxylation is 1. The molecule has 2 N–H and O–H groups in total. The molecule has 4 aromatic rings. The van der Waals surface area contributed by atoms with Gasteiger partial charge in [-0.05, 0) is 37.6 Å². The number of phosphoric ester groups is 1. The molecule has 234 valence electrons. The second-order valence-electron chi connectivity index (χ2n) is 10.8. The van der Waals surface area contributed by atoms with Gasteiger partial charge in [-0.25, -0.2) is 18.9 Å². The van der Waals surface area contributed by atoms with Crippen LogP contribution in [0.4, 0.5) is 10.3 Å². The minimum absolute atomic E-state index is 0.160. The highest BCUT2D eigenvalue weighted by molar-refractivity contribution is 7.46. The minimum Gasteiger partial charge on any atom is -0.460 e. The molecule has 0 bridgehead atoms. The number of hydrogen-bond donors (Lipinski definition) is 2. The van der Waals surface area contributed by atoms with Crippen molar-refractivity contribution in [2.45, 2.75) is 39.7 Å². The first-order chi connectivity index (χ1) is 20.8.